The number of hydrogen-bond donors (Lipinski definition) is 1. The average Bonchev–Trinajstić information content (AvgIpc) is 2.76. The van der Waals surface area contributed by atoms with Crippen LogP contribution in [0.15, 0.2) is 83.7 Å². The minimum atomic E-state index is -0.384. The smallest absolute Gasteiger partial charge is 0.278 e. The van der Waals surface area contributed by atoms with Crippen LogP contribution in [-0.4, -0.2) is 20.9 Å². The Bertz CT molecular complexity index is 1210. The maximum Gasteiger partial charge on any atom is 0.278 e. The number of carbonyl (C=O) groups is 1. The number of nitrogens with one attached hydrogen (secondary N) is 1. The summed E-state index contributed by atoms with van der Waals surface area (Å²) in [4.78, 5) is 25.4. The van der Waals surface area contributed by atoms with Crippen LogP contribution in [0.1, 0.15) is 17.2 Å². The number of rotatable bonds is 5. The number of halogens is 1. The molecule has 0 unspecified atom stereocenters. The van der Waals surface area contributed by atoms with Crippen molar-refractivity contribution < 1.29 is 4.79 Å². The Morgan fingerprint density at radius 1 is 0.931 bits per heavy atom. The van der Waals surface area contributed by atoms with Gasteiger partial charge in [0.25, 0.3) is 5.56 Å². The molecule has 0 fully saturated rings. The number of amides is 1. The third-order valence-electron chi connectivity index (χ3n) is 4.56. The van der Waals surface area contributed by atoms with Crippen molar-refractivity contribution in [3.8, 4) is 0 Å². The van der Waals surface area contributed by atoms with E-state index in [0.717, 1.165) is 15.8 Å². The Morgan fingerprint density at radius 3 is 2.34 bits per heavy atom. The fourth-order valence-corrected chi connectivity index (χ4v) is 3.26. The van der Waals surface area contributed by atoms with Crippen LogP contribution in [0.5, 0.6) is 0 Å². The maximum absolute atomic E-state index is 12.8. The molecule has 6 nitrogen and oxygen atoms in total. The lowest BCUT2D eigenvalue weighted by Crippen LogP contribution is -2.36. The average molecular weight is 405 g/mol. The van der Waals surface area contributed by atoms with Gasteiger partial charge in [-0.3, -0.25) is 9.59 Å². The summed E-state index contributed by atoms with van der Waals surface area (Å²) in [7, 11) is 0. The molecule has 0 aliphatic heterocycles. The molecule has 29 heavy (non-hydrogen) atoms. The van der Waals surface area contributed by atoms with Crippen molar-refractivity contribution in [1.29, 1.82) is 0 Å². The van der Waals surface area contributed by atoms with Gasteiger partial charge >= 0.3 is 0 Å². The van der Waals surface area contributed by atoms with Crippen molar-refractivity contribution in [1.82, 2.24) is 20.3 Å². The van der Waals surface area contributed by atoms with Crippen LogP contribution >= 0.6 is 11.6 Å². The van der Waals surface area contributed by atoms with Gasteiger partial charge in [-0.05, 0) is 35.4 Å². The van der Waals surface area contributed by atoms with Crippen molar-refractivity contribution in [2.75, 3.05) is 0 Å². The summed E-state index contributed by atoms with van der Waals surface area (Å²) in [5, 5.41) is 11.9. The molecular formula is C22H17ClN4O2. The van der Waals surface area contributed by atoms with Gasteiger partial charge in [-0.2, -0.15) is 0 Å². The second kappa shape index (κ2) is 8.24. The Labute approximate surface area is 171 Å². The molecule has 1 aromatic heterocycles. The second-order valence-electron chi connectivity index (χ2n) is 6.53. The highest BCUT2D eigenvalue weighted by molar-refractivity contribution is 6.30. The van der Waals surface area contributed by atoms with Gasteiger partial charge in [0.05, 0.1) is 11.4 Å². The van der Waals surface area contributed by atoms with Gasteiger partial charge in [0.2, 0.25) is 5.91 Å². The van der Waals surface area contributed by atoms with Gasteiger partial charge in [-0.25, -0.2) is 4.68 Å². The summed E-state index contributed by atoms with van der Waals surface area (Å²) in [6.45, 7) is -0.229. The molecule has 3 aromatic carbocycles. The number of fused-ring (bicyclic) bond motifs is 1. The number of carbonyl (C=O) groups excluding carboxylic acids is 1. The van der Waals surface area contributed by atoms with Gasteiger partial charge in [-0.1, -0.05) is 71.4 Å². The molecule has 0 radical (unpaired) electrons. The van der Waals surface area contributed by atoms with Crippen LogP contribution in [0.2, 0.25) is 5.02 Å². The third kappa shape index (κ3) is 4.17. The molecule has 0 saturated heterocycles. The first kappa shape index (κ1) is 18.8. The molecule has 144 valence electrons. The first-order valence-electron chi connectivity index (χ1n) is 9.04. The largest absolute Gasteiger partial charge is 0.344 e. The first-order valence-corrected chi connectivity index (χ1v) is 9.42. The van der Waals surface area contributed by atoms with Gasteiger partial charge < -0.3 is 5.32 Å². The molecule has 0 aliphatic rings. The summed E-state index contributed by atoms with van der Waals surface area (Å²) in [5.41, 5.74) is 1.94. The van der Waals surface area contributed by atoms with Gasteiger partial charge in [0, 0.05) is 5.02 Å². The van der Waals surface area contributed by atoms with Crippen LogP contribution in [-0.2, 0) is 11.3 Å². The zero-order valence-electron chi connectivity index (χ0n) is 15.3. The third-order valence-corrected chi connectivity index (χ3v) is 4.82. The predicted molar refractivity (Wildman–Crippen MR) is 112 cm³/mol. The molecule has 1 heterocycles. The van der Waals surface area contributed by atoms with Crippen molar-refractivity contribution in [3.05, 3.63) is 105 Å². The molecule has 1 atom stereocenters. The highest BCUT2D eigenvalue weighted by Crippen LogP contribution is 2.23. The van der Waals surface area contributed by atoms with E-state index in [1.165, 1.54) is 0 Å². The topological polar surface area (TPSA) is 76.9 Å². The Morgan fingerprint density at radius 2 is 1.59 bits per heavy atom. The molecule has 0 aliphatic carbocycles. The summed E-state index contributed by atoms with van der Waals surface area (Å²) < 4.78 is 1.07. The Hall–Kier alpha value is -3.51. The van der Waals surface area contributed by atoms with E-state index in [4.69, 9.17) is 11.6 Å². The second-order valence-corrected chi connectivity index (χ2v) is 6.97. The molecule has 1 N–H and O–H groups in total. The molecule has 1 amide bonds. The van der Waals surface area contributed by atoms with Crippen molar-refractivity contribution in [3.63, 3.8) is 0 Å². The predicted octanol–water partition coefficient (Wildman–Crippen LogP) is 3.35. The van der Waals surface area contributed by atoms with Crippen molar-refractivity contribution in [2.45, 2.75) is 12.6 Å². The monoisotopic (exact) mass is 404 g/mol. The van der Waals surface area contributed by atoms with Crippen LogP contribution in [0.25, 0.3) is 10.9 Å². The van der Waals surface area contributed by atoms with E-state index in [9.17, 15) is 9.59 Å². The highest BCUT2D eigenvalue weighted by Gasteiger charge is 2.18. The SMILES string of the molecule is O=C(Cn1nnc2ccccc2c1=O)N[C@@H](c1ccccc1)c1ccc(Cl)cc1. The quantitative estimate of drug-likeness (QED) is 0.553. The summed E-state index contributed by atoms with van der Waals surface area (Å²) in [6.07, 6.45) is 0. The van der Waals surface area contributed by atoms with E-state index in [1.807, 2.05) is 42.5 Å². The normalized spacial score (nSPS) is 11.9. The van der Waals surface area contributed by atoms with E-state index in [0.29, 0.717) is 15.9 Å². The standard InChI is InChI=1S/C22H17ClN4O2/c23-17-12-10-16(11-13-17)21(15-6-2-1-3-7-15)24-20(28)14-27-22(29)18-8-4-5-9-19(18)25-26-27/h1-13,21H,14H2,(H,24,28)/t21-/m0/s1. The Balaban J connectivity index is 1.61. The van der Waals surface area contributed by atoms with Crippen LogP contribution in [0.3, 0.4) is 0 Å². The zero-order valence-corrected chi connectivity index (χ0v) is 16.1. The van der Waals surface area contributed by atoms with Crippen molar-refractivity contribution >= 4 is 28.4 Å². The molecule has 7 heteroatoms. The fraction of sp³-hybridized carbons (Fsp3) is 0.0909. The van der Waals surface area contributed by atoms with Gasteiger partial charge in [0.15, 0.2) is 0 Å². The van der Waals surface area contributed by atoms with E-state index >= 15 is 0 Å². The van der Waals surface area contributed by atoms with Crippen LogP contribution < -0.4 is 10.9 Å². The number of benzene rings is 3. The van der Waals surface area contributed by atoms with Crippen LogP contribution in [0.4, 0.5) is 0 Å². The summed E-state index contributed by atoms with van der Waals surface area (Å²) in [5.74, 6) is -0.347. The number of nitrogens with zero attached hydrogens (tertiary/aromatic N) is 3. The van der Waals surface area contributed by atoms with Gasteiger partial charge in [-0.15, -0.1) is 5.10 Å². The summed E-state index contributed by atoms with van der Waals surface area (Å²) in [6, 6.07) is 23.4. The molecule has 0 bridgehead atoms. The minimum absolute atomic E-state index is 0.229. The number of aromatic nitrogens is 3. The lowest BCUT2D eigenvalue weighted by Gasteiger charge is -2.20. The number of hydrogen-bond acceptors (Lipinski definition) is 4. The lowest BCUT2D eigenvalue weighted by molar-refractivity contribution is -0.122. The van der Waals surface area contributed by atoms with Crippen molar-refractivity contribution in [2.24, 2.45) is 0 Å². The van der Waals surface area contributed by atoms with E-state index in [1.54, 1.807) is 36.4 Å². The van der Waals surface area contributed by atoms with Gasteiger partial charge in [0.1, 0.15) is 12.1 Å². The molecular weight excluding hydrogens is 388 g/mol. The van der Waals surface area contributed by atoms with Crippen LogP contribution in [0, 0.1) is 0 Å². The minimum Gasteiger partial charge on any atom is -0.344 e. The molecule has 4 rings (SSSR count). The highest BCUT2D eigenvalue weighted by atomic mass is 35.5. The first-order chi connectivity index (χ1) is 14.1. The molecule has 0 saturated carbocycles. The summed E-state index contributed by atoms with van der Waals surface area (Å²) >= 11 is 6.00. The molecule has 0 spiro atoms. The van der Waals surface area contributed by atoms with E-state index in [-0.39, 0.29) is 24.1 Å². The van der Waals surface area contributed by atoms with E-state index in [2.05, 4.69) is 15.6 Å². The Kier molecular flexibility index (Phi) is 5.35. The molecule has 4 aromatic rings. The fourth-order valence-electron chi connectivity index (χ4n) is 3.13. The van der Waals surface area contributed by atoms with E-state index < -0.39 is 0 Å². The maximum atomic E-state index is 12.8. The zero-order chi connectivity index (χ0) is 20.2. The lowest BCUT2D eigenvalue weighted by atomic mass is 9.99.